The molecule has 0 saturated carbocycles. The van der Waals surface area contributed by atoms with E-state index >= 15 is 0 Å². The Labute approximate surface area is 811 Å². The first-order chi connectivity index (χ1) is 69.5. The van der Waals surface area contributed by atoms with Gasteiger partial charge in [0.2, 0.25) is 0 Å². The second-order valence-corrected chi connectivity index (χ2v) is 31.7. The zero-order valence-corrected chi connectivity index (χ0v) is 76.1. The molecule has 4 aromatic carbocycles. The van der Waals surface area contributed by atoms with Crippen molar-refractivity contribution < 1.29 is 68.9 Å². The Bertz CT molecular complexity index is 7450. The molecule has 143 heavy (non-hydrogen) atoms. The predicted octanol–water partition coefficient (Wildman–Crippen LogP) is 14.0. The number of likely N-dealkylation sites (N-methyl/N-ethyl adjacent to an activating group) is 1. The number of imidazole rings is 4. The topological polar surface area (TPSA) is 387 Å². The molecule has 724 valence electrons. The molecule has 0 unspecified atom stereocenters. The SMILES string of the molecule is CN1CCN(Cc2ccc(NC(=O)Nc3cncc(C#Cc4cnc5cccnn45)c3)cc2C(F)(F)F)CC1.O=C(Nc1ccc(F)cc1)Nc1cncc(C#Cc2cnc3cccnn23)c1.O=C(Nc1ccc(OCCN2CCOCC2)cc1)Nc1cncc(C#Cc2cnc3cccnn23)c1.O=C(Nc1cncc(C#Cc2cnc3cccnn23)c1)Nc1ccc(OCCN2CCOCC2)c(C(F)(F)F)c1. The number of hydrogen-bond donors (Lipinski definition) is 8. The van der Waals surface area contributed by atoms with E-state index < -0.39 is 41.6 Å². The van der Waals surface area contributed by atoms with Crippen LogP contribution in [-0.2, 0) is 28.4 Å². The smallest absolute Gasteiger partial charge is 0.420 e. The van der Waals surface area contributed by atoms with Crippen LogP contribution in [0.2, 0.25) is 0 Å². The largest absolute Gasteiger partial charge is 0.492 e. The Kier molecular flexibility index (Phi) is 32.6. The van der Waals surface area contributed by atoms with Crippen molar-refractivity contribution in [2.75, 3.05) is 155 Å². The number of ether oxygens (including phenoxy) is 4. The lowest BCUT2D eigenvalue weighted by Gasteiger charge is -2.33. The van der Waals surface area contributed by atoms with Gasteiger partial charge in [0.15, 0.2) is 22.6 Å². The number of piperazine rings is 1. The maximum atomic E-state index is 13.8. The van der Waals surface area contributed by atoms with Crippen LogP contribution in [0.15, 0.2) is 257 Å². The lowest BCUT2D eigenvalue weighted by molar-refractivity contribution is -0.139. The monoisotopic (exact) mass is 1940 g/mol. The van der Waals surface area contributed by atoms with E-state index in [1.165, 1.54) is 79.5 Å². The number of benzene rings is 4. The van der Waals surface area contributed by atoms with E-state index in [1.807, 2.05) is 48.3 Å². The first-order valence-electron chi connectivity index (χ1n) is 44.4. The summed E-state index contributed by atoms with van der Waals surface area (Å²) in [6.45, 7) is 11.3. The summed E-state index contributed by atoms with van der Waals surface area (Å²) < 4.78 is 124. The van der Waals surface area contributed by atoms with Crippen molar-refractivity contribution >= 4 is 92.2 Å². The number of anilines is 8. The number of rotatable bonds is 18. The first kappa shape index (κ1) is 98.2. The number of carbonyl (C=O) groups excluding carboxylic acids is 4. The zero-order valence-electron chi connectivity index (χ0n) is 76.1. The first-order valence-corrected chi connectivity index (χ1v) is 44.4. The van der Waals surface area contributed by atoms with E-state index in [2.05, 4.69) is 165 Å². The molecule has 0 atom stereocenters. The van der Waals surface area contributed by atoms with Gasteiger partial charge < -0.3 is 66.4 Å². The number of aromatic nitrogens is 16. The van der Waals surface area contributed by atoms with Gasteiger partial charge in [-0.05, 0) is 188 Å². The number of alkyl halides is 6. The molecular weight excluding hydrogens is 1850 g/mol. The predicted molar refractivity (Wildman–Crippen MR) is 517 cm³/mol. The molecule has 8 amide bonds. The maximum absolute atomic E-state index is 13.8. The fourth-order valence-electron chi connectivity index (χ4n) is 14.3. The highest BCUT2D eigenvalue weighted by atomic mass is 19.4. The van der Waals surface area contributed by atoms with Crippen molar-refractivity contribution in [2.24, 2.45) is 0 Å². The minimum atomic E-state index is -4.67. The average molecular weight is 1940 g/mol. The number of urea groups is 4. The van der Waals surface area contributed by atoms with E-state index in [4.69, 9.17) is 18.9 Å². The number of pyridine rings is 4. The summed E-state index contributed by atoms with van der Waals surface area (Å²) in [6.07, 6.45) is 16.0. The van der Waals surface area contributed by atoms with Gasteiger partial charge in [-0.1, -0.05) is 29.7 Å². The van der Waals surface area contributed by atoms with Crippen LogP contribution in [0.4, 0.5) is 95.4 Å². The van der Waals surface area contributed by atoms with Crippen LogP contribution >= 0.6 is 0 Å². The van der Waals surface area contributed by atoms with Gasteiger partial charge in [0, 0.05) is 167 Å². The van der Waals surface area contributed by atoms with Crippen LogP contribution in [0, 0.1) is 53.2 Å². The highest BCUT2D eigenvalue weighted by Crippen LogP contribution is 2.39. The molecule has 12 aromatic heterocycles. The Morgan fingerprint density at radius 1 is 0.350 bits per heavy atom. The number of morpholine rings is 2. The van der Waals surface area contributed by atoms with Gasteiger partial charge in [0.05, 0.1) is 110 Å². The standard InChI is InChI=1S/C27H25F3N8O.C27H24F3N7O3.C26H25N7O3.C20H13FN6O/c1-36-9-11-37(12-10-36)18-20-5-6-21(14-24(20)27(28,29)30)34-26(39)35-22-13-19(15-31-16-22)4-7-23-17-32-25-3-2-8-33-38(23)25;28-27(29,30)23-15-20(4-6-24(23)40-13-10-36-8-11-39-12-9-36)34-26(38)35-21-14-19(16-31-17-21)3-5-22-18-32-25-2-1-7-33-37(22)25;34-26(30-21-4-7-24(8-5-21)36-15-12-32-10-13-35-14-11-32)31-22-16-20(17-27-18-22)3-6-23-19-28-25-2-1-9-29-33(23)25;21-15-4-6-16(7-5-15)25-20(28)26-17-10-14(11-22-12-17)3-8-18-13-23-19-2-1-9-24-27(18)19/h2-3,5-6,8,13-17H,9-12,18H2,1H3,(H2,34,35,39);1-2,4,6-7,14-18H,8-13H2,(H2,34,35,38);1-2,4-5,7-9,16-19H,10-15H2,(H2,30,31,34);1-2,4-7,9-13H,(H2,25,26,28). The number of carbonyl (C=O) groups is 4. The third-order valence-corrected chi connectivity index (χ3v) is 21.4. The average Bonchev–Trinajstić information content (AvgIpc) is 1.61. The highest BCUT2D eigenvalue weighted by Gasteiger charge is 2.36. The number of nitrogens with zero attached hydrogens (tertiary/aromatic N) is 20. The van der Waals surface area contributed by atoms with Crippen molar-refractivity contribution in [1.82, 2.24) is 97.9 Å². The summed E-state index contributed by atoms with van der Waals surface area (Å²) in [5.74, 6) is 24.0. The summed E-state index contributed by atoms with van der Waals surface area (Å²) in [7, 11) is 1.99. The van der Waals surface area contributed by atoms with Gasteiger partial charge >= 0.3 is 36.5 Å². The Morgan fingerprint density at radius 3 is 1.05 bits per heavy atom. The van der Waals surface area contributed by atoms with Crippen molar-refractivity contribution in [2.45, 2.75) is 18.9 Å². The summed E-state index contributed by atoms with van der Waals surface area (Å²) in [4.78, 5) is 91.5. The van der Waals surface area contributed by atoms with Crippen molar-refractivity contribution in [3.05, 3.63) is 324 Å². The molecule has 0 radical (unpaired) electrons. The summed E-state index contributed by atoms with van der Waals surface area (Å²) in [6, 6.07) is 38.8. The Morgan fingerprint density at radius 2 is 0.678 bits per heavy atom. The van der Waals surface area contributed by atoms with Gasteiger partial charge in [-0.25, -0.2) is 61.6 Å². The third kappa shape index (κ3) is 28.7. The van der Waals surface area contributed by atoms with E-state index in [0.29, 0.717) is 149 Å². The number of amides is 8. The lowest BCUT2D eigenvalue weighted by atomic mass is 10.0. The van der Waals surface area contributed by atoms with Crippen LogP contribution in [-0.4, -0.2) is 234 Å². The number of nitrogens with one attached hydrogen (secondary N) is 8. The molecule has 8 N–H and O–H groups in total. The molecule has 16 aromatic rings. The quantitative estimate of drug-likeness (QED) is 0.0292. The molecule has 0 spiro atoms. The molecule has 0 aliphatic carbocycles. The van der Waals surface area contributed by atoms with Crippen molar-refractivity contribution in [3.63, 3.8) is 0 Å². The van der Waals surface area contributed by atoms with Gasteiger partial charge in [-0.3, -0.25) is 34.6 Å². The molecule has 36 nitrogen and oxygen atoms in total. The molecule has 3 aliphatic heterocycles. The minimum Gasteiger partial charge on any atom is -0.492 e. The summed E-state index contributed by atoms with van der Waals surface area (Å²) in [5.41, 5.74) is 8.67. The van der Waals surface area contributed by atoms with E-state index in [9.17, 15) is 49.9 Å². The second-order valence-electron chi connectivity index (χ2n) is 31.7. The Hall–Kier alpha value is -17.9. The summed E-state index contributed by atoms with van der Waals surface area (Å²) >= 11 is 0. The zero-order chi connectivity index (χ0) is 99.3. The summed E-state index contributed by atoms with van der Waals surface area (Å²) in [5, 5.41) is 37.8. The third-order valence-electron chi connectivity index (χ3n) is 21.4. The number of hydrogen-bond acceptors (Lipinski definition) is 24. The van der Waals surface area contributed by atoms with E-state index in [1.54, 1.807) is 147 Å². The number of halogens is 7. The van der Waals surface area contributed by atoms with Crippen LogP contribution < -0.4 is 52.0 Å². The number of fused-ring (bicyclic) bond motifs is 4. The highest BCUT2D eigenvalue weighted by molar-refractivity contribution is 6.02. The van der Waals surface area contributed by atoms with Gasteiger partial charge in [-0.15, -0.1) is 0 Å². The molecule has 3 fully saturated rings. The fourth-order valence-corrected chi connectivity index (χ4v) is 14.3. The molecule has 15 heterocycles. The van der Waals surface area contributed by atoms with Gasteiger partial charge in [0.1, 0.15) is 53.3 Å². The van der Waals surface area contributed by atoms with Crippen LogP contribution in [0.5, 0.6) is 11.5 Å². The molecule has 43 heteroatoms. The van der Waals surface area contributed by atoms with Gasteiger partial charge in [-0.2, -0.15) is 46.7 Å². The normalized spacial score (nSPS) is 13.3. The molecule has 3 aliphatic rings. The maximum Gasteiger partial charge on any atom is 0.420 e. The van der Waals surface area contributed by atoms with E-state index in [0.717, 1.165) is 69.5 Å². The minimum absolute atomic E-state index is 0.0333. The fraction of sp³-hybridized carbons (Fsp3) is 0.200. The van der Waals surface area contributed by atoms with Gasteiger partial charge in [0.25, 0.3) is 0 Å². The second kappa shape index (κ2) is 47.5. The lowest BCUT2D eigenvalue weighted by Crippen LogP contribution is -2.44. The van der Waals surface area contributed by atoms with Crippen molar-refractivity contribution in [1.29, 1.82) is 0 Å². The molecular formula is C100H87F7N28O8. The van der Waals surface area contributed by atoms with Crippen LogP contribution in [0.25, 0.3) is 22.6 Å². The van der Waals surface area contributed by atoms with E-state index in [-0.39, 0.29) is 47.7 Å². The molecule has 19 rings (SSSR count). The Balaban J connectivity index is 0.000000138. The van der Waals surface area contributed by atoms with Crippen LogP contribution in [0.1, 0.15) is 61.7 Å². The van der Waals surface area contributed by atoms with Crippen LogP contribution in [0.3, 0.4) is 0 Å². The molecule has 3 saturated heterocycles. The molecule has 0 bridgehead atoms. The van der Waals surface area contributed by atoms with Crippen molar-refractivity contribution in [3.8, 4) is 58.9 Å².